The van der Waals surface area contributed by atoms with E-state index in [1.165, 1.54) is 5.56 Å². The van der Waals surface area contributed by atoms with Gasteiger partial charge in [0.05, 0.1) is 0 Å². The molecule has 2 heterocycles. The lowest BCUT2D eigenvalue weighted by atomic mass is 10.1. The van der Waals surface area contributed by atoms with Crippen molar-refractivity contribution in [1.82, 2.24) is 25.2 Å². The maximum Gasteiger partial charge on any atom is 0.314 e. The highest BCUT2D eigenvalue weighted by atomic mass is 16.2. The van der Waals surface area contributed by atoms with E-state index in [0.717, 1.165) is 37.3 Å². The minimum atomic E-state index is -0.0881. The van der Waals surface area contributed by atoms with Gasteiger partial charge in [0.25, 0.3) is 0 Å². The number of rotatable bonds is 7. The molecule has 4 rings (SSSR count). The van der Waals surface area contributed by atoms with Crippen LogP contribution in [0.2, 0.25) is 0 Å². The highest BCUT2D eigenvalue weighted by Crippen LogP contribution is 2.46. The molecule has 0 bridgehead atoms. The van der Waals surface area contributed by atoms with Crippen molar-refractivity contribution in [1.29, 1.82) is 0 Å². The van der Waals surface area contributed by atoms with Gasteiger partial charge in [0.15, 0.2) is 5.65 Å². The van der Waals surface area contributed by atoms with Gasteiger partial charge in [0.2, 0.25) is 0 Å². The van der Waals surface area contributed by atoms with E-state index < -0.39 is 0 Å². The summed E-state index contributed by atoms with van der Waals surface area (Å²) in [5.74, 6) is 2.08. The Morgan fingerprint density at radius 2 is 1.92 bits per heavy atom. The summed E-state index contributed by atoms with van der Waals surface area (Å²) in [6.07, 6.45) is 4.73. The maximum absolute atomic E-state index is 11.9. The number of fused-ring (bicyclic) bond motifs is 1. The zero-order valence-electron chi connectivity index (χ0n) is 14.6. The first-order chi connectivity index (χ1) is 12.8. The van der Waals surface area contributed by atoms with Crippen LogP contribution in [-0.2, 0) is 6.42 Å². The number of pyridine rings is 1. The Labute approximate surface area is 152 Å². The van der Waals surface area contributed by atoms with Crippen LogP contribution in [-0.4, -0.2) is 33.7 Å². The second-order valence-electron chi connectivity index (χ2n) is 6.80. The van der Waals surface area contributed by atoms with Crippen molar-refractivity contribution in [3.63, 3.8) is 0 Å². The number of urea groups is 1. The summed E-state index contributed by atoms with van der Waals surface area (Å²) in [5, 5.41) is 14.2. The van der Waals surface area contributed by atoms with Crippen LogP contribution in [0.25, 0.3) is 5.65 Å². The first-order valence-electron chi connectivity index (χ1n) is 9.16. The third-order valence-electron chi connectivity index (χ3n) is 4.92. The molecule has 0 unspecified atom stereocenters. The number of carbonyl (C=O) groups excluding carboxylic acids is 1. The number of benzene rings is 1. The van der Waals surface area contributed by atoms with Gasteiger partial charge in [0.1, 0.15) is 5.82 Å². The molecular weight excluding hydrogens is 326 g/mol. The normalized spacial score (nSPS) is 18.6. The lowest BCUT2D eigenvalue weighted by molar-refractivity contribution is 0.240. The largest absolute Gasteiger partial charge is 0.338 e. The molecule has 1 saturated carbocycles. The number of carbonyl (C=O) groups is 1. The van der Waals surface area contributed by atoms with Crippen molar-refractivity contribution in [2.75, 3.05) is 13.1 Å². The average Bonchev–Trinajstić information content (AvgIpc) is 3.36. The van der Waals surface area contributed by atoms with Crippen LogP contribution in [0.4, 0.5) is 4.79 Å². The molecule has 2 N–H and O–H groups in total. The Hall–Kier alpha value is -2.89. The molecule has 0 spiro atoms. The summed E-state index contributed by atoms with van der Waals surface area (Å²) in [6.45, 7) is 1.36. The zero-order valence-corrected chi connectivity index (χ0v) is 14.6. The molecule has 6 heteroatoms. The lowest BCUT2D eigenvalue weighted by Crippen LogP contribution is -2.37. The molecule has 6 nitrogen and oxygen atoms in total. The van der Waals surface area contributed by atoms with Crippen LogP contribution in [0.3, 0.4) is 0 Å². The summed E-state index contributed by atoms with van der Waals surface area (Å²) in [7, 11) is 0. The number of aryl methyl sites for hydroxylation is 1. The van der Waals surface area contributed by atoms with Gasteiger partial charge in [-0.25, -0.2) is 4.79 Å². The predicted octanol–water partition coefficient (Wildman–Crippen LogP) is 2.76. The van der Waals surface area contributed by atoms with Gasteiger partial charge in [-0.2, -0.15) is 0 Å². The fourth-order valence-corrected chi connectivity index (χ4v) is 3.38. The summed E-state index contributed by atoms with van der Waals surface area (Å²) < 4.78 is 1.98. The van der Waals surface area contributed by atoms with Crippen molar-refractivity contribution in [3.05, 3.63) is 66.1 Å². The van der Waals surface area contributed by atoms with E-state index in [2.05, 4.69) is 45.1 Å². The Bertz CT molecular complexity index is 876. The molecule has 2 aromatic heterocycles. The van der Waals surface area contributed by atoms with E-state index in [-0.39, 0.29) is 6.03 Å². The molecule has 0 aliphatic heterocycles. The molecule has 134 valence electrons. The Balaban J connectivity index is 1.14. The highest BCUT2D eigenvalue weighted by molar-refractivity contribution is 5.73. The summed E-state index contributed by atoms with van der Waals surface area (Å²) >= 11 is 0. The number of amides is 2. The van der Waals surface area contributed by atoms with Crippen LogP contribution >= 0.6 is 0 Å². The highest BCUT2D eigenvalue weighted by Gasteiger charge is 2.37. The van der Waals surface area contributed by atoms with Gasteiger partial charge in [-0.1, -0.05) is 36.4 Å². The van der Waals surface area contributed by atoms with E-state index >= 15 is 0 Å². The molecule has 26 heavy (non-hydrogen) atoms. The standard InChI is InChI=1S/C20H23N5O/c26-20(22-14-16-13-17(16)15-7-2-1-3-8-15)21-11-6-10-19-24-23-18-9-4-5-12-25(18)19/h1-5,7-9,12,16-17H,6,10-11,13-14H2,(H2,21,22,26)/t16-,17+/m1/s1. The minimum Gasteiger partial charge on any atom is -0.338 e. The van der Waals surface area contributed by atoms with E-state index in [4.69, 9.17) is 0 Å². The molecule has 1 aliphatic rings. The fourth-order valence-electron chi connectivity index (χ4n) is 3.38. The third-order valence-corrected chi connectivity index (χ3v) is 4.92. The van der Waals surface area contributed by atoms with Gasteiger partial charge >= 0.3 is 6.03 Å². The van der Waals surface area contributed by atoms with Gasteiger partial charge in [-0.05, 0) is 42.4 Å². The van der Waals surface area contributed by atoms with E-state index in [0.29, 0.717) is 18.4 Å². The summed E-state index contributed by atoms with van der Waals surface area (Å²) in [5.41, 5.74) is 2.23. The molecule has 1 aliphatic carbocycles. The summed E-state index contributed by atoms with van der Waals surface area (Å²) in [6, 6.07) is 16.3. The molecular formula is C20H23N5O. The van der Waals surface area contributed by atoms with Crippen molar-refractivity contribution in [2.45, 2.75) is 25.2 Å². The van der Waals surface area contributed by atoms with Crippen LogP contribution in [0.5, 0.6) is 0 Å². The van der Waals surface area contributed by atoms with Gasteiger partial charge in [-0.15, -0.1) is 10.2 Å². The zero-order chi connectivity index (χ0) is 17.8. The van der Waals surface area contributed by atoms with Crippen LogP contribution < -0.4 is 10.6 Å². The van der Waals surface area contributed by atoms with E-state index in [1.807, 2.05) is 34.9 Å². The summed E-state index contributed by atoms with van der Waals surface area (Å²) in [4.78, 5) is 11.9. The van der Waals surface area contributed by atoms with Gasteiger partial charge < -0.3 is 10.6 Å². The number of hydrogen-bond acceptors (Lipinski definition) is 3. The number of hydrogen-bond donors (Lipinski definition) is 2. The van der Waals surface area contributed by atoms with Crippen molar-refractivity contribution in [3.8, 4) is 0 Å². The monoisotopic (exact) mass is 349 g/mol. The van der Waals surface area contributed by atoms with Crippen LogP contribution in [0, 0.1) is 5.92 Å². The topological polar surface area (TPSA) is 71.3 Å². The molecule has 0 saturated heterocycles. The van der Waals surface area contributed by atoms with Crippen molar-refractivity contribution in [2.24, 2.45) is 5.92 Å². The predicted molar refractivity (Wildman–Crippen MR) is 100.0 cm³/mol. The number of nitrogens with zero attached hydrogens (tertiary/aromatic N) is 3. The second-order valence-corrected chi connectivity index (χ2v) is 6.80. The SMILES string of the molecule is O=C(NCCCc1nnc2ccccn12)NC[C@H]1C[C@H]1c1ccccc1. The van der Waals surface area contributed by atoms with Crippen molar-refractivity contribution >= 4 is 11.7 Å². The van der Waals surface area contributed by atoms with E-state index in [9.17, 15) is 4.79 Å². The molecule has 2 amide bonds. The molecule has 1 aromatic carbocycles. The molecule has 0 radical (unpaired) electrons. The average molecular weight is 349 g/mol. The number of nitrogens with one attached hydrogen (secondary N) is 2. The number of aromatic nitrogens is 3. The van der Waals surface area contributed by atoms with E-state index in [1.54, 1.807) is 0 Å². The lowest BCUT2D eigenvalue weighted by Gasteiger charge is -2.07. The quantitative estimate of drug-likeness (QED) is 0.644. The van der Waals surface area contributed by atoms with Gasteiger partial charge in [0, 0.05) is 25.7 Å². The first kappa shape index (κ1) is 16.6. The van der Waals surface area contributed by atoms with Crippen LogP contribution in [0.1, 0.15) is 30.1 Å². The maximum atomic E-state index is 11.9. The third kappa shape index (κ3) is 3.85. The smallest absolute Gasteiger partial charge is 0.314 e. The Kier molecular flexibility index (Phi) is 4.82. The van der Waals surface area contributed by atoms with Crippen molar-refractivity contribution < 1.29 is 4.79 Å². The molecule has 1 fully saturated rings. The molecule has 3 aromatic rings. The Morgan fingerprint density at radius 1 is 1.08 bits per heavy atom. The second kappa shape index (κ2) is 7.56. The minimum absolute atomic E-state index is 0.0881. The Morgan fingerprint density at radius 3 is 2.81 bits per heavy atom. The van der Waals surface area contributed by atoms with Crippen LogP contribution in [0.15, 0.2) is 54.7 Å². The first-order valence-corrected chi connectivity index (χ1v) is 9.16. The molecule has 2 atom stereocenters. The van der Waals surface area contributed by atoms with Gasteiger partial charge in [-0.3, -0.25) is 4.40 Å². The fraction of sp³-hybridized carbons (Fsp3) is 0.350.